The van der Waals surface area contributed by atoms with E-state index in [0.717, 1.165) is 15.9 Å². The van der Waals surface area contributed by atoms with Crippen LogP contribution >= 0.6 is 31.9 Å². The molecule has 1 heterocycles. The van der Waals surface area contributed by atoms with E-state index in [-0.39, 0.29) is 0 Å². The molecule has 0 saturated heterocycles. The highest BCUT2D eigenvalue weighted by atomic mass is 79.9. The highest BCUT2D eigenvalue weighted by Gasteiger charge is 2.05. The van der Waals surface area contributed by atoms with Crippen LogP contribution in [0, 0.1) is 6.92 Å². The third-order valence-electron chi connectivity index (χ3n) is 1.23. The molecule has 0 aliphatic heterocycles. The summed E-state index contributed by atoms with van der Waals surface area (Å²) < 4.78 is 0.920. The van der Waals surface area contributed by atoms with Crippen LogP contribution in [0.15, 0.2) is 4.47 Å². The van der Waals surface area contributed by atoms with Crippen molar-refractivity contribution in [3.63, 3.8) is 0 Å². The summed E-state index contributed by atoms with van der Waals surface area (Å²) in [5, 5.41) is 0.682. The minimum Gasteiger partial charge on any atom is -0.368 e. The molecule has 5 heteroatoms. The Morgan fingerprint density at radius 1 is 1.45 bits per heavy atom. The van der Waals surface area contributed by atoms with Crippen molar-refractivity contribution in [2.75, 3.05) is 5.73 Å². The van der Waals surface area contributed by atoms with E-state index in [1.165, 1.54) is 0 Å². The second kappa shape index (κ2) is 3.49. The van der Waals surface area contributed by atoms with E-state index in [2.05, 4.69) is 41.8 Å². The quantitative estimate of drug-likeness (QED) is 0.801. The van der Waals surface area contributed by atoms with Crippen LogP contribution in [-0.4, -0.2) is 9.97 Å². The van der Waals surface area contributed by atoms with Gasteiger partial charge in [0, 0.05) is 5.33 Å². The van der Waals surface area contributed by atoms with Gasteiger partial charge in [0.05, 0.1) is 15.9 Å². The van der Waals surface area contributed by atoms with E-state index in [1.807, 2.05) is 6.92 Å². The molecule has 0 saturated carbocycles. The first kappa shape index (κ1) is 8.93. The molecule has 1 rings (SSSR count). The van der Waals surface area contributed by atoms with E-state index >= 15 is 0 Å². The van der Waals surface area contributed by atoms with Crippen molar-refractivity contribution in [1.82, 2.24) is 9.97 Å². The van der Waals surface area contributed by atoms with Gasteiger partial charge in [-0.2, -0.15) is 0 Å². The van der Waals surface area contributed by atoms with Gasteiger partial charge in [0.1, 0.15) is 0 Å². The van der Waals surface area contributed by atoms with Crippen LogP contribution in [0.25, 0.3) is 0 Å². The molecule has 0 atom stereocenters. The summed E-state index contributed by atoms with van der Waals surface area (Å²) in [5.74, 6) is 0.320. The average Bonchev–Trinajstić information content (AvgIpc) is 1.96. The van der Waals surface area contributed by atoms with Crippen LogP contribution in [0.1, 0.15) is 11.4 Å². The Balaban J connectivity index is 3.24. The van der Waals surface area contributed by atoms with Gasteiger partial charge in [-0.1, -0.05) is 15.9 Å². The molecule has 1 aromatic heterocycles. The number of halogens is 2. The van der Waals surface area contributed by atoms with Crippen molar-refractivity contribution in [2.24, 2.45) is 0 Å². The van der Waals surface area contributed by atoms with Crippen LogP contribution in [-0.2, 0) is 5.33 Å². The molecule has 0 aromatic carbocycles. The third kappa shape index (κ3) is 1.90. The fourth-order valence-corrected chi connectivity index (χ4v) is 1.83. The number of nitrogen functional groups attached to an aromatic ring is 1. The van der Waals surface area contributed by atoms with Crippen molar-refractivity contribution >= 4 is 37.8 Å². The van der Waals surface area contributed by atoms with Crippen molar-refractivity contribution in [3.8, 4) is 0 Å². The van der Waals surface area contributed by atoms with Crippen LogP contribution in [0.5, 0.6) is 0 Å². The number of alkyl halides is 1. The number of aromatic nitrogens is 2. The molecule has 0 aliphatic carbocycles. The lowest BCUT2D eigenvalue weighted by Gasteiger charge is -2.02. The summed E-state index contributed by atoms with van der Waals surface area (Å²) in [6.07, 6.45) is 0. The first-order chi connectivity index (χ1) is 5.15. The van der Waals surface area contributed by atoms with E-state index in [9.17, 15) is 0 Å². The largest absolute Gasteiger partial charge is 0.368 e. The molecule has 0 spiro atoms. The lowest BCUT2D eigenvalue weighted by Crippen LogP contribution is -2.01. The zero-order chi connectivity index (χ0) is 8.43. The maximum Gasteiger partial charge on any atom is 0.220 e. The summed E-state index contributed by atoms with van der Waals surface area (Å²) in [6.45, 7) is 1.88. The van der Waals surface area contributed by atoms with Gasteiger partial charge in [0.25, 0.3) is 0 Å². The Morgan fingerprint density at radius 2 is 2.09 bits per heavy atom. The number of hydrogen-bond acceptors (Lipinski definition) is 3. The predicted octanol–water partition coefficient (Wildman–Crippen LogP) is 2.02. The summed E-state index contributed by atoms with van der Waals surface area (Å²) in [6, 6.07) is 0. The number of hydrogen-bond donors (Lipinski definition) is 1. The Kier molecular flexibility index (Phi) is 2.84. The van der Waals surface area contributed by atoms with E-state index in [0.29, 0.717) is 11.3 Å². The zero-order valence-electron chi connectivity index (χ0n) is 5.93. The van der Waals surface area contributed by atoms with Crippen molar-refractivity contribution in [2.45, 2.75) is 12.3 Å². The molecule has 0 aliphatic rings. The van der Waals surface area contributed by atoms with Gasteiger partial charge in [-0.05, 0) is 22.9 Å². The normalized spacial score (nSPS) is 10.1. The Hall–Kier alpha value is -0.160. The molecule has 3 nitrogen and oxygen atoms in total. The molecule has 0 bridgehead atoms. The molecule has 60 valence electrons. The fourth-order valence-electron chi connectivity index (χ4n) is 0.731. The maximum atomic E-state index is 5.44. The van der Waals surface area contributed by atoms with Gasteiger partial charge in [0.2, 0.25) is 5.95 Å². The highest BCUT2D eigenvalue weighted by molar-refractivity contribution is 9.10. The maximum absolute atomic E-state index is 5.44. The second-order valence-electron chi connectivity index (χ2n) is 2.06. The van der Waals surface area contributed by atoms with Gasteiger partial charge < -0.3 is 5.73 Å². The number of nitrogens with two attached hydrogens (primary N) is 1. The first-order valence-corrected chi connectivity index (χ1v) is 4.91. The molecular formula is C6H7Br2N3. The average molecular weight is 281 g/mol. The van der Waals surface area contributed by atoms with Gasteiger partial charge in [-0.15, -0.1) is 0 Å². The monoisotopic (exact) mass is 279 g/mol. The number of aryl methyl sites for hydroxylation is 1. The van der Waals surface area contributed by atoms with Gasteiger partial charge in [-0.3, -0.25) is 0 Å². The highest BCUT2D eigenvalue weighted by Crippen LogP contribution is 2.20. The number of anilines is 1. The van der Waals surface area contributed by atoms with Crippen molar-refractivity contribution in [1.29, 1.82) is 0 Å². The summed E-state index contributed by atoms with van der Waals surface area (Å²) in [7, 11) is 0. The number of rotatable bonds is 1. The van der Waals surface area contributed by atoms with Crippen LogP contribution in [0.3, 0.4) is 0 Å². The molecular weight excluding hydrogens is 274 g/mol. The second-order valence-corrected chi connectivity index (χ2v) is 3.42. The number of nitrogens with zero attached hydrogens (tertiary/aromatic N) is 2. The molecule has 0 radical (unpaired) electrons. The molecule has 0 amide bonds. The molecule has 0 fully saturated rings. The summed E-state index contributed by atoms with van der Waals surface area (Å²) in [5.41, 5.74) is 7.19. The third-order valence-corrected chi connectivity index (χ3v) is 2.79. The minimum atomic E-state index is 0.320. The Morgan fingerprint density at radius 3 is 2.64 bits per heavy atom. The van der Waals surface area contributed by atoms with E-state index < -0.39 is 0 Å². The van der Waals surface area contributed by atoms with E-state index in [4.69, 9.17) is 5.73 Å². The van der Waals surface area contributed by atoms with E-state index in [1.54, 1.807) is 0 Å². The van der Waals surface area contributed by atoms with Crippen LogP contribution < -0.4 is 5.73 Å². The molecule has 1 aromatic rings. The molecule has 11 heavy (non-hydrogen) atoms. The SMILES string of the molecule is Cc1nc(N)nc(CBr)c1Br. The standard InChI is InChI=1S/C6H7Br2N3/c1-3-5(8)4(2-7)11-6(9)10-3/h2H2,1H3,(H2,9,10,11). The Labute approximate surface area is 81.7 Å². The predicted molar refractivity (Wildman–Crippen MR) is 51.5 cm³/mol. The smallest absolute Gasteiger partial charge is 0.220 e. The zero-order valence-corrected chi connectivity index (χ0v) is 9.11. The minimum absolute atomic E-state index is 0.320. The topological polar surface area (TPSA) is 51.8 Å². The van der Waals surface area contributed by atoms with Crippen LogP contribution in [0.2, 0.25) is 0 Å². The lowest BCUT2D eigenvalue weighted by molar-refractivity contribution is 1.04. The first-order valence-electron chi connectivity index (χ1n) is 2.99. The summed E-state index contributed by atoms with van der Waals surface area (Å²) >= 11 is 6.66. The Bertz CT molecular complexity index is 275. The molecule has 2 N–H and O–H groups in total. The summed E-state index contributed by atoms with van der Waals surface area (Å²) in [4.78, 5) is 8.01. The van der Waals surface area contributed by atoms with Crippen LogP contribution in [0.4, 0.5) is 5.95 Å². The molecule has 0 unspecified atom stereocenters. The van der Waals surface area contributed by atoms with Crippen molar-refractivity contribution < 1.29 is 0 Å². The van der Waals surface area contributed by atoms with Gasteiger partial charge in [-0.25, -0.2) is 9.97 Å². The van der Waals surface area contributed by atoms with Crippen molar-refractivity contribution in [3.05, 3.63) is 15.9 Å². The lowest BCUT2D eigenvalue weighted by atomic mass is 10.4. The van der Waals surface area contributed by atoms with Gasteiger partial charge in [0.15, 0.2) is 0 Å². The van der Waals surface area contributed by atoms with Gasteiger partial charge >= 0.3 is 0 Å². The fraction of sp³-hybridized carbons (Fsp3) is 0.333.